The number of aromatic nitrogens is 2. The maximum atomic E-state index is 12.8. The van der Waals surface area contributed by atoms with Crippen LogP contribution in [0.2, 0.25) is 0 Å². The molecular formula is C21H23N3O3. The zero-order valence-electron chi connectivity index (χ0n) is 15.6. The number of benzene rings is 1. The van der Waals surface area contributed by atoms with Crippen LogP contribution in [0, 0.1) is 19.8 Å². The smallest absolute Gasteiger partial charge is 0.289 e. The van der Waals surface area contributed by atoms with E-state index in [0.717, 1.165) is 30.5 Å². The lowest BCUT2D eigenvalue weighted by molar-refractivity contribution is 0.0650. The van der Waals surface area contributed by atoms with E-state index in [4.69, 9.17) is 4.42 Å². The zero-order chi connectivity index (χ0) is 19.0. The van der Waals surface area contributed by atoms with Crippen molar-refractivity contribution in [1.82, 2.24) is 14.7 Å². The summed E-state index contributed by atoms with van der Waals surface area (Å²) < 4.78 is 7.74. The number of hydrogen-bond acceptors (Lipinski definition) is 4. The number of hydrogen-bond donors (Lipinski definition) is 0. The Morgan fingerprint density at radius 3 is 2.63 bits per heavy atom. The Bertz CT molecular complexity index is 1030. The number of likely N-dealkylation sites (tertiary alicyclic amines) is 1. The van der Waals surface area contributed by atoms with E-state index in [1.165, 1.54) is 6.07 Å². The number of piperidine rings is 1. The summed E-state index contributed by atoms with van der Waals surface area (Å²) in [6, 6.07) is 6.91. The highest BCUT2D eigenvalue weighted by atomic mass is 16.3. The summed E-state index contributed by atoms with van der Waals surface area (Å²) in [5, 5.41) is 4.77. The minimum absolute atomic E-state index is 0.126. The second kappa shape index (κ2) is 7.02. The van der Waals surface area contributed by atoms with Crippen molar-refractivity contribution >= 4 is 16.9 Å². The molecule has 1 aromatic carbocycles. The van der Waals surface area contributed by atoms with E-state index in [0.29, 0.717) is 30.0 Å². The van der Waals surface area contributed by atoms with Gasteiger partial charge in [0.05, 0.1) is 5.39 Å². The molecule has 0 atom stereocenters. The number of fused-ring (bicyclic) bond motifs is 1. The van der Waals surface area contributed by atoms with Crippen LogP contribution in [0.1, 0.15) is 34.5 Å². The maximum absolute atomic E-state index is 12.8. The summed E-state index contributed by atoms with van der Waals surface area (Å²) in [7, 11) is 0. The van der Waals surface area contributed by atoms with Crippen LogP contribution in [-0.2, 0) is 6.54 Å². The molecule has 3 heterocycles. The summed E-state index contributed by atoms with van der Waals surface area (Å²) in [6.07, 6.45) is 5.58. The summed E-state index contributed by atoms with van der Waals surface area (Å²) >= 11 is 0. The van der Waals surface area contributed by atoms with Gasteiger partial charge in [-0.25, -0.2) is 0 Å². The van der Waals surface area contributed by atoms with Gasteiger partial charge in [-0.3, -0.25) is 14.3 Å². The van der Waals surface area contributed by atoms with Crippen molar-refractivity contribution in [2.24, 2.45) is 5.92 Å². The molecule has 0 unspecified atom stereocenters. The highest BCUT2D eigenvalue weighted by molar-refractivity contribution is 5.93. The summed E-state index contributed by atoms with van der Waals surface area (Å²) in [5.41, 5.74) is 2.38. The van der Waals surface area contributed by atoms with E-state index in [2.05, 4.69) is 5.10 Å². The van der Waals surface area contributed by atoms with Gasteiger partial charge in [0.2, 0.25) is 0 Å². The molecule has 0 bridgehead atoms. The molecule has 140 valence electrons. The molecular weight excluding hydrogens is 342 g/mol. The van der Waals surface area contributed by atoms with Gasteiger partial charge in [0, 0.05) is 38.1 Å². The molecule has 1 fully saturated rings. The second-order valence-electron chi connectivity index (χ2n) is 7.37. The number of aryl methyl sites for hydroxylation is 2. The van der Waals surface area contributed by atoms with Gasteiger partial charge in [-0.05, 0) is 61.9 Å². The Morgan fingerprint density at radius 2 is 1.93 bits per heavy atom. The van der Waals surface area contributed by atoms with Crippen LogP contribution < -0.4 is 5.43 Å². The summed E-state index contributed by atoms with van der Waals surface area (Å²) in [5.74, 6) is 0.425. The van der Waals surface area contributed by atoms with Crippen molar-refractivity contribution < 1.29 is 9.21 Å². The number of amides is 1. The highest BCUT2D eigenvalue weighted by Crippen LogP contribution is 2.22. The zero-order valence-corrected chi connectivity index (χ0v) is 15.6. The van der Waals surface area contributed by atoms with Crippen LogP contribution in [0.15, 0.2) is 45.9 Å². The van der Waals surface area contributed by atoms with Crippen LogP contribution in [0.3, 0.4) is 0 Å². The maximum Gasteiger partial charge on any atom is 0.289 e. The third kappa shape index (κ3) is 3.52. The van der Waals surface area contributed by atoms with Crippen LogP contribution in [0.25, 0.3) is 11.0 Å². The van der Waals surface area contributed by atoms with Crippen molar-refractivity contribution in [2.75, 3.05) is 13.1 Å². The van der Waals surface area contributed by atoms with E-state index in [1.807, 2.05) is 42.9 Å². The second-order valence-corrected chi connectivity index (χ2v) is 7.37. The Hall–Kier alpha value is -2.89. The molecule has 0 spiro atoms. The first-order chi connectivity index (χ1) is 13.0. The fourth-order valence-electron chi connectivity index (χ4n) is 3.66. The van der Waals surface area contributed by atoms with E-state index < -0.39 is 0 Å². The van der Waals surface area contributed by atoms with Crippen molar-refractivity contribution in [3.63, 3.8) is 0 Å². The standard InChI is InChI=1S/C21H23N3O3/c1-14-10-17-18(25)12-20(27-19(17)11-15(14)2)21(26)23-8-4-16(5-9-23)13-24-7-3-6-22-24/h3,6-7,10-12,16H,4-5,8-9,13H2,1-2H3. The summed E-state index contributed by atoms with van der Waals surface area (Å²) in [6.45, 7) is 6.13. The third-order valence-electron chi connectivity index (χ3n) is 5.46. The van der Waals surface area contributed by atoms with Crippen LogP contribution in [-0.4, -0.2) is 33.7 Å². The van der Waals surface area contributed by atoms with E-state index in [1.54, 1.807) is 11.1 Å². The van der Waals surface area contributed by atoms with Gasteiger partial charge < -0.3 is 9.32 Å². The SMILES string of the molecule is Cc1cc2oc(C(=O)N3CCC(Cn4cccn4)CC3)cc(=O)c2cc1C. The molecule has 4 rings (SSSR count). The average molecular weight is 365 g/mol. The first kappa shape index (κ1) is 17.5. The lowest BCUT2D eigenvalue weighted by Gasteiger charge is -2.31. The van der Waals surface area contributed by atoms with Crippen LogP contribution in [0.5, 0.6) is 0 Å². The van der Waals surface area contributed by atoms with Gasteiger partial charge >= 0.3 is 0 Å². The Balaban J connectivity index is 1.50. The summed E-state index contributed by atoms with van der Waals surface area (Å²) in [4.78, 5) is 27.1. The molecule has 6 heteroatoms. The topological polar surface area (TPSA) is 68.3 Å². The predicted octanol–water partition coefficient (Wildman–Crippen LogP) is 3.16. The first-order valence-electron chi connectivity index (χ1n) is 9.33. The fraction of sp³-hybridized carbons (Fsp3) is 0.381. The lowest BCUT2D eigenvalue weighted by atomic mass is 9.96. The molecule has 0 saturated carbocycles. The largest absolute Gasteiger partial charge is 0.451 e. The number of carbonyl (C=O) groups is 1. The number of rotatable bonds is 3. The van der Waals surface area contributed by atoms with E-state index in [9.17, 15) is 9.59 Å². The Kier molecular flexibility index (Phi) is 4.56. The van der Waals surface area contributed by atoms with E-state index >= 15 is 0 Å². The van der Waals surface area contributed by atoms with E-state index in [-0.39, 0.29) is 17.1 Å². The normalized spacial score (nSPS) is 15.4. The van der Waals surface area contributed by atoms with Crippen molar-refractivity contribution in [2.45, 2.75) is 33.2 Å². The molecule has 6 nitrogen and oxygen atoms in total. The lowest BCUT2D eigenvalue weighted by Crippen LogP contribution is -2.39. The van der Waals surface area contributed by atoms with Crippen molar-refractivity contribution in [1.29, 1.82) is 0 Å². The number of carbonyl (C=O) groups excluding carboxylic acids is 1. The molecule has 3 aromatic rings. The minimum Gasteiger partial charge on any atom is -0.451 e. The molecule has 27 heavy (non-hydrogen) atoms. The molecule has 2 aromatic heterocycles. The van der Waals surface area contributed by atoms with Crippen LogP contribution in [0.4, 0.5) is 0 Å². The van der Waals surface area contributed by atoms with Gasteiger partial charge in [-0.1, -0.05) is 0 Å². The van der Waals surface area contributed by atoms with Gasteiger partial charge in [0.15, 0.2) is 11.2 Å². The van der Waals surface area contributed by atoms with Gasteiger partial charge in [-0.2, -0.15) is 5.10 Å². The molecule has 0 aliphatic carbocycles. The molecule has 1 amide bonds. The molecule has 0 N–H and O–H groups in total. The average Bonchev–Trinajstić information content (AvgIpc) is 3.16. The van der Waals surface area contributed by atoms with Gasteiger partial charge in [0.25, 0.3) is 5.91 Å². The fourth-order valence-corrected chi connectivity index (χ4v) is 3.66. The van der Waals surface area contributed by atoms with Crippen molar-refractivity contribution in [3.05, 3.63) is 63.8 Å². The number of nitrogens with zero attached hydrogens (tertiary/aromatic N) is 3. The van der Waals surface area contributed by atoms with Gasteiger partial charge in [0.1, 0.15) is 5.58 Å². The molecule has 1 aliphatic heterocycles. The quantitative estimate of drug-likeness (QED) is 0.715. The highest BCUT2D eigenvalue weighted by Gasteiger charge is 2.26. The minimum atomic E-state index is -0.204. The van der Waals surface area contributed by atoms with Crippen molar-refractivity contribution in [3.8, 4) is 0 Å². The molecule has 1 saturated heterocycles. The predicted molar refractivity (Wildman–Crippen MR) is 103 cm³/mol. The molecule has 0 radical (unpaired) electrons. The van der Waals surface area contributed by atoms with Crippen LogP contribution >= 0.6 is 0 Å². The Morgan fingerprint density at radius 1 is 1.19 bits per heavy atom. The third-order valence-corrected chi connectivity index (χ3v) is 5.46. The molecule has 1 aliphatic rings. The van der Waals surface area contributed by atoms with Gasteiger partial charge in [-0.15, -0.1) is 0 Å². The monoisotopic (exact) mass is 365 g/mol. The first-order valence-corrected chi connectivity index (χ1v) is 9.33. The Labute approximate surface area is 157 Å².